The van der Waals surface area contributed by atoms with Crippen molar-refractivity contribution in [3.63, 3.8) is 0 Å². The molecule has 0 aliphatic heterocycles. The maximum atomic E-state index is 12.7. The van der Waals surface area contributed by atoms with Crippen LogP contribution < -0.4 is 5.32 Å². The molecule has 0 aliphatic carbocycles. The molecule has 1 amide bonds. The summed E-state index contributed by atoms with van der Waals surface area (Å²) < 4.78 is 0. The number of carbonyl (C=O) groups excluding carboxylic acids is 1. The second-order valence-corrected chi connectivity index (χ2v) is 5.11. The van der Waals surface area contributed by atoms with Crippen LogP contribution in [0, 0.1) is 10.1 Å². The Labute approximate surface area is 125 Å². The smallest absolute Gasteiger partial charge is 0.282 e. The molecule has 0 radical (unpaired) electrons. The minimum Gasteiger partial charge on any atom is -0.385 e. The third-order valence-corrected chi connectivity index (χ3v) is 3.15. The fraction of sp³-hybridized carbons (Fsp3) is 0.533. The van der Waals surface area contributed by atoms with E-state index in [0.717, 1.165) is 6.42 Å². The van der Waals surface area contributed by atoms with Gasteiger partial charge in [0, 0.05) is 30.9 Å². The number of nitro benzene ring substituents is 1. The summed E-state index contributed by atoms with van der Waals surface area (Å²) in [5, 5.41) is 14.2. The second-order valence-electron chi connectivity index (χ2n) is 5.11. The number of anilines is 1. The lowest BCUT2D eigenvalue weighted by molar-refractivity contribution is -0.385. The molecule has 0 aromatic heterocycles. The number of carbonyl (C=O) groups is 1. The average molecular weight is 293 g/mol. The highest BCUT2D eigenvalue weighted by molar-refractivity contribution is 5.99. The third-order valence-electron chi connectivity index (χ3n) is 3.15. The zero-order chi connectivity index (χ0) is 16.0. The highest BCUT2D eigenvalue weighted by Gasteiger charge is 2.26. The Bertz CT molecular complexity index is 515. The van der Waals surface area contributed by atoms with Crippen LogP contribution in [-0.2, 0) is 0 Å². The Morgan fingerprint density at radius 1 is 1.38 bits per heavy atom. The van der Waals surface area contributed by atoms with E-state index in [1.807, 2.05) is 27.7 Å². The number of hydrogen-bond acceptors (Lipinski definition) is 4. The van der Waals surface area contributed by atoms with Crippen LogP contribution in [0.5, 0.6) is 0 Å². The summed E-state index contributed by atoms with van der Waals surface area (Å²) >= 11 is 0. The van der Waals surface area contributed by atoms with Gasteiger partial charge in [0.1, 0.15) is 5.56 Å². The first-order valence-corrected chi connectivity index (χ1v) is 7.25. The highest BCUT2D eigenvalue weighted by Crippen LogP contribution is 2.25. The van der Waals surface area contributed by atoms with Crippen molar-refractivity contribution in [1.82, 2.24) is 4.90 Å². The summed E-state index contributed by atoms with van der Waals surface area (Å²) in [5.74, 6) is -0.293. The van der Waals surface area contributed by atoms with Crippen LogP contribution in [0.2, 0.25) is 0 Å². The normalized spacial score (nSPS) is 10.5. The summed E-state index contributed by atoms with van der Waals surface area (Å²) in [7, 11) is 0. The Kier molecular flexibility index (Phi) is 6.14. The lowest BCUT2D eigenvalue weighted by Crippen LogP contribution is -2.37. The number of rotatable bonds is 7. The Hall–Kier alpha value is -2.11. The van der Waals surface area contributed by atoms with E-state index in [-0.39, 0.29) is 23.2 Å². The Morgan fingerprint density at radius 2 is 2.05 bits per heavy atom. The van der Waals surface area contributed by atoms with Crippen molar-refractivity contribution in [2.24, 2.45) is 0 Å². The molecular weight excluding hydrogens is 270 g/mol. The molecule has 0 spiro atoms. The van der Waals surface area contributed by atoms with E-state index >= 15 is 0 Å². The molecule has 116 valence electrons. The molecule has 0 atom stereocenters. The molecular formula is C15H23N3O3. The third kappa shape index (κ3) is 4.18. The van der Waals surface area contributed by atoms with Crippen molar-refractivity contribution >= 4 is 17.3 Å². The summed E-state index contributed by atoms with van der Waals surface area (Å²) in [6.07, 6.45) is 0.810. The van der Waals surface area contributed by atoms with Crippen LogP contribution in [0.15, 0.2) is 18.2 Å². The molecule has 1 aromatic rings. The number of hydrogen-bond donors (Lipinski definition) is 1. The SMILES string of the molecule is CCCN(C(=O)c1cc(NCC)ccc1[N+](=O)[O-])C(C)C. The van der Waals surface area contributed by atoms with Gasteiger partial charge in [-0.3, -0.25) is 14.9 Å². The minimum atomic E-state index is -0.507. The van der Waals surface area contributed by atoms with Crippen molar-refractivity contribution in [3.05, 3.63) is 33.9 Å². The molecule has 1 N–H and O–H groups in total. The first-order valence-electron chi connectivity index (χ1n) is 7.25. The van der Waals surface area contributed by atoms with Crippen molar-refractivity contribution in [2.75, 3.05) is 18.4 Å². The minimum absolute atomic E-state index is 0.000144. The summed E-state index contributed by atoms with van der Waals surface area (Å²) in [4.78, 5) is 25.0. The van der Waals surface area contributed by atoms with Crippen molar-refractivity contribution < 1.29 is 9.72 Å². The molecule has 0 unspecified atom stereocenters. The molecule has 0 saturated carbocycles. The van der Waals surface area contributed by atoms with Crippen LogP contribution in [0.1, 0.15) is 44.5 Å². The van der Waals surface area contributed by atoms with Gasteiger partial charge in [-0.25, -0.2) is 0 Å². The van der Waals surface area contributed by atoms with Crippen LogP contribution in [0.3, 0.4) is 0 Å². The molecule has 1 rings (SSSR count). The van der Waals surface area contributed by atoms with E-state index in [1.165, 1.54) is 6.07 Å². The van der Waals surface area contributed by atoms with Gasteiger partial charge >= 0.3 is 0 Å². The van der Waals surface area contributed by atoms with Gasteiger partial charge in [-0.2, -0.15) is 0 Å². The fourth-order valence-corrected chi connectivity index (χ4v) is 2.17. The van der Waals surface area contributed by atoms with Gasteiger partial charge in [0.2, 0.25) is 0 Å². The van der Waals surface area contributed by atoms with Crippen molar-refractivity contribution in [3.8, 4) is 0 Å². The van der Waals surface area contributed by atoms with E-state index in [9.17, 15) is 14.9 Å². The first-order chi connectivity index (χ1) is 9.92. The van der Waals surface area contributed by atoms with Crippen molar-refractivity contribution in [1.29, 1.82) is 0 Å². The average Bonchev–Trinajstić information content (AvgIpc) is 2.43. The number of nitrogens with zero attached hydrogens (tertiary/aromatic N) is 2. The predicted molar refractivity (Wildman–Crippen MR) is 83.7 cm³/mol. The largest absolute Gasteiger partial charge is 0.385 e. The molecule has 6 heteroatoms. The maximum absolute atomic E-state index is 12.7. The molecule has 0 fully saturated rings. The lowest BCUT2D eigenvalue weighted by Gasteiger charge is -2.26. The summed E-state index contributed by atoms with van der Waals surface area (Å²) in [6.45, 7) is 9.00. The van der Waals surface area contributed by atoms with E-state index < -0.39 is 4.92 Å². The zero-order valence-corrected chi connectivity index (χ0v) is 13.0. The summed E-state index contributed by atoms with van der Waals surface area (Å²) in [5.41, 5.74) is 0.704. The second kappa shape index (κ2) is 7.61. The molecule has 0 bridgehead atoms. The van der Waals surface area contributed by atoms with Gasteiger partial charge in [0.15, 0.2) is 0 Å². The fourth-order valence-electron chi connectivity index (χ4n) is 2.17. The number of nitro groups is 1. The lowest BCUT2D eigenvalue weighted by atomic mass is 10.1. The molecule has 1 aromatic carbocycles. The Morgan fingerprint density at radius 3 is 2.52 bits per heavy atom. The molecule has 21 heavy (non-hydrogen) atoms. The predicted octanol–water partition coefficient (Wildman–Crippen LogP) is 3.29. The van der Waals surface area contributed by atoms with Gasteiger partial charge in [-0.1, -0.05) is 6.92 Å². The molecule has 6 nitrogen and oxygen atoms in total. The standard InChI is InChI=1S/C15H23N3O3/c1-5-9-17(11(3)4)15(19)13-10-12(16-6-2)7-8-14(13)18(20)21/h7-8,10-11,16H,5-6,9H2,1-4H3. The van der Waals surface area contributed by atoms with Gasteiger partial charge in [-0.15, -0.1) is 0 Å². The van der Waals surface area contributed by atoms with E-state index in [4.69, 9.17) is 0 Å². The monoisotopic (exact) mass is 293 g/mol. The van der Waals surface area contributed by atoms with Crippen molar-refractivity contribution in [2.45, 2.75) is 40.2 Å². The molecule has 0 aliphatic rings. The number of benzene rings is 1. The maximum Gasteiger partial charge on any atom is 0.282 e. The summed E-state index contributed by atoms with van der Waals surface area (Å²) in [6, 6.07) is 4.57. The molecule has 0 saturated heterocycles. The topological polar surface area (TPSA) is 75.5 Å². The number of nitrogens with one attached hydrogen (secondary N) is 1. The van der Waals surface area contributed by atoms with Crippen LogP contribution in [-0.4, -0.2) is 34.9 Å². The highest BCUT2D eigenvalue weighted by atomic mass is 16.6. The van der Waals surface area contributed by atoms with Gasteiger partial charge in [-0.05, 0) is 39.3 Å². The quantitative estimate of drug-likeness (QED) is 0.618. The molecule has 0 heterocycles. The Balaban J connectivity index is 3.26. The van der Waals surface area contributed by atoms with Gasteiger partial charge < -0.3 is 10.2 Å². The zero-order valence-electron chi connectivity index (χ0n) is 13.0. The van der Waals surface area contributed by atoms with E-state index in [0.29, 0.717) is 18.8 Å². The van der Waals surface area contributed by atoms with Crippen LogP contribution >= 0.6 is 0 Å². The van der Waals surface area contributed by atoms with E-state index in [2.05, 4.69) is 5.32 Å². The van der Waals surface area contributed by atoms with Crippen LogP contribution in [0.25, 0.3) is 0 Å². The van der Waals surface area contributed by atoms with Crippen LogP contribution in [0.4, 0.5) is 11.4 Å². The first kappa shape index (κ1) is 16.9. The van der Waals surface area contributed by atoms with Gasteiger partial charge in [0.05, 0.1) is 4.92 Å². The van der Waals surface area contributed by atoms with E-state index in [1.54, 1.807) is 17.0 Å². The number of amides is 1. The van der Waals surface area contributed by atoms with Gasteiger partial charge in [0.25, 0.3) is 11.6 Å².